The largest absolute Gasteiger partial charge is 0.324 e. The summed E-state index contributed by atoms with van der Waals surface area (Å²) in [7, 11) is 0. The second-order valence-corrected chi connectivity index (χ2v) is 6.65. The van der Waals surface area contributed by atoms with Gasteiger partial charge in [-0.25, -0.2) is 13.2 Å². The maximum Gasteiger partial charge on any atom is 0.229 e. The van der Waals surface area contributed by atoms with Crippen molar-refractivity contribution in [2.75, 3.05) is 10.2 Å². The summed E-state index contributed by atoms with van der Waals surface area (Å²) in [5.74, 6) is -3.37. The molecule has 0 bridgehead atoms. The highest BCUT2D eigenvalue weighted by atomic mass is 35.5. The summed E-state index contributed by atoms with van der Waals surface area (Å²) in [5, 5.41) is 10.2. The molecule has 0 fully saturated rings. The summed E-state index contributed by atoms with van der Waals surface area (Å²) in [4.78, 5) is 25.3. The Hall–Kier alpha value is -3.46. The lowest BCUT2D eigenvalue weighted by atomic mass is 10.1. The van der Waals surface area contributed by atoms with E-state index in [1.54, 1.807) is 0 Å². The number of nitrogens with one attached hydrogen (secondary N) is 1. The van der Waals surface area contributed by atoms with Gasteiger partial charge in [0.05, 0.1) is 24.0 Å². The van der Waals surface area contributed by atoms with Gasteiger partial charge in [0.15, 0.2) is 5.82 Å². The molecule has 0 radical (unpaired) electrons. The molecule has 10 heteroatoms. The number of aromatic nitrogens is 2. The molecular weight excluding hydrogens is 421 g/mol. The molecule has 1 N–H and O–H groups in total. The summed E-state index contributed by atoms with van der Waals surface area (Å²) >= 11 is 5.92. The van der Waals surface area contributed by atoms with E-state index in [0.29, 0.717) is 11.6 Å². The number of anilines is 3. The summed E-state index contributed by atoms with van der Waals surface area (Å²) in [5.41, 5.74) is 0.514. The van der Waals surface area contributed by atoms with E-state index in [4.69, 9.17) is 11.6 Å². The second kappa shape index (κ2) is 8.91. The molecule has 2 aromatic carbocycles. The van der Waals surface area contributed by atoms with Crippen LogP contribution < -0.4 is 10.2 Å². The maximum atomic E-state index is 13.6. The van der Waals surface area contributed by atoms with Crippen LogP contribution in [-0.4, -0.2) is 22.0 Å². The Bertz CT molecular complexity index is 1110. The van der Waals surface area contributed by atoms with E-state index >= 15 is 0 Å². The zero-order valence-electron chi connectivity index (χ0n) is 15.5. The fraction of sp³-hybridized carbons (Fsp3) is 0.100. The van der Waals surface area contributed by atoms with Crippen molar-refractivity contribution in [3.8, 4) is 0 Å². The molecule has 30 heavy (non-hydrogen) atoms. The highest BCUT2D eigenvalue weighted by Gasteiger charge is 2.19. The lowest BCUT2D eigenvalue weighted by Crippen LogP contribution is -2.25. The van der Waals surface area contributed by atoms with E-state index in [9.17, 15) is 22.8 Å². The first-order valence-electron chi connectivity index (χ1n) is 8.56. The SMILES string of the molecule is CC(=O)N(c1cc(F)cc(F)c1)c1cc(NC(=O)Cc2ccc(F)cc2Cl)cnn1. The smallest absolute Gasteiger partial charge is 0.229 e. The fourth-order valence-electron chi connectivity index (χ4n) is 2.72. The molecule has 1 aromatic heterocycles. The van der Waals surface area contributed by atoms with Crippen LogP contribution in [0, 0.1) is 17.5 Å². The second-order valence-electron chi connectivity index (χ2n) is 6.25. The number of rotatable bonds is 5. The Morgan fingerprint density at radius 1 is 1.03 bits per heavy atom. The molecule has 0 spiro atoms. The molecule has 0 unspecified atom stereocenters. The van der Waals surface area contributed by atoms with Crippen molar-refractivity contribution in [3.05, 3.63) is 76.7 Å². The van der Waals surface area contributed by atoms with Gasteiger partial charge in [0.1, 0.15) is 17.5 Å². The molecule has 1 heterocycles. The van der Waals surface area contributed by atoms with E-state index in [2.05, 4.69) is 15.5 Å². The van der Waals surface area contributed by atoms with Crippen molar-refractivity contribution in [1.29, 1.82) is 0 Å². The van der Waals surface area contributed by atoms with Crippen molar-refractivity contribution in [2.24, 2.45) is 0 Å². The molecule has 154 valence electrons. The molecular formula is C20H14ClF3N4O2. The highest BCUT2D eigenvalue weighted by molar-refractivity contribution is 6.31. The van der Waals surface area contributed by atoms with Crippen molar-refractivity contribution in [3.63, 3.8) is 0 Å². The van der Waals surface area contributed by atoms with Gasteiger partial charge in [-0.1, -0.05) is 17.7 Å². The van der Waals surface area contributed by atoms with Crippen LogP contribution in [0.2, 0.25) is 5.02 Å². The van der Waals surface area contributed by atoms with Crippen LogP contribution in [0.1, 0.15) is 12.5 Å². The van der Waals surface area contributed by atoms with Crippen molar-refractivity contribution < 1.29 is 22.8 Å². The van der Waals surface area contributed by atoms with E-state index in [1.807, 2.05) is 0 Å². The number of halogens is 4. The topological polar surface area (TPSA) is 75.2 Å². The van der Waals surface area contributed by atoms with E-state index in [-0.39, 0.29) is 28.6 Å². The predicted molar refractivity (Wildman–Crippen MR) is 105 cm³/mol. The van der Waals surface area contributed by atoms with Gasteiger partial charge in [0.25, 0.3) is 0 Å². The third-order valence-electron chi connectivity index (χ3n) is 3.94. The quantitative estimate of drug-likeness (QED) is 0.645. The number of carbonyl (C=O) groups is 2. The third kappa shape index (κ3) is 5.12. The lowest BCUT2D eigenvalue weighted by Gasteiger charge is -2.20. The number of amides is 2. The van der Waals surface area contributed by atoms with Crippen molar-refractivity contribution >= 4 is 40.6 Å². The minimum atomic E-state index is -0.871. The molecule has 3 aromatic rings. The van der Waals surface area contributed by atoms with Gasteiger partial charge >= 0.3 is 0 Å². The monoisotopic (exact) mass is 434 g/mol. The first kappa shape index (κ1) is 21.3. The van der Waals surface area contributed by atoms with E-state index < -0.39 is 29.3 Å². The zero-order chi connectivity index (χ0) is 21.8. The Morgan fingerprint density at radius 2 is 1.73 bits per heavy atom. The standard InChI is InChI=1S/C20H14ClF3N4O2/c1-11(29)28(17-6-14(23)5-15(24)7-17)19-9-16(10-25-27-19)26-20(30)4-12-2-3-13(22)8-18(12)21/h2-3,5-10H,4H2,1H3,(H,26,27,30). The summed E-state index contributed by atoms with van der Waals surface area (Å²) in [6.45, 7) is 1.19. The van der Waals surface area contributed by atoms with Crippen LogP contribution in [0.25, 0.3) is 0 Å². The molecule has 3 rings (SSSR count). The zero-order valence-corrected chi connectivity index (χ0v) is 16.3. The van der Waals surface area contributed by atoms with Crippen molar-refractivity contribution in [1.82, 2.24) is 10.2 Å². The highest BCUT2D eigenvalue weighted by Crippen LogP contribution is 2.27. The summed E-state index contributed by atoms with van der Waals surface area (Å²) < 4.78 is 40.3. The first-order valence-corrected chi connectivity index (χ1v) is 8.94. The molecule has 0 atom stereocenters. The lowest BCUT2D eigenvalue weighted by molar-refractivity contribution is -0.116. The van der Waals surface area contributed by atoms with Gasteiger partial charge in [-0.2, -0.15) is 5.10 Å². The summed E-state index contributed by atoms with van der Waals surface area (Å²) in [6, 6.07) is 7.60. The van der Waals surface area contributed by atoms with Gasteiger partial charge in [-0.15, -0.1) is 5.10 Å². The molecule has 0 saturated carbocycles. The van der Waals surface area contributed by atoms with Crippen LogP contribution in [0.5, 0.6) is 0 Å². The third-order valence-corrected chi connectivity index (χ3v) is 4.29. The summed E-state index contributed by atoms with van der Waals surface area (Å²) in [6.07, 6.45) is 1.10. The normalized spacial score (nSPS) is 10.6. The van der Waals surface area contributed by atoms with Gasteiger partial charge in [0.2, 0.25) is 11.8 Å². The fourth-order valence-corrected chi connectivity index (χ4v) is 2.95. The molecule has 0 aliphatic heterocycles. The van der Waals surface area contributed by atoms with Crippen LogP contribution in [0.15, 0.2) is 48.7 Å². The Balaban J connectivity index is 1.83. The number of benzene rings is 2. The van der Waals surface area contributed by atoms with Gasteiger partial charge in [0, 0.05) is 24.1 Å². The van der Waals surface area contributed by atoms with Crippen LogP contribution in [0.3, 0.4) is 0 Å². The first-order chi connectivity index (χ1) is 14.2. The molecule has 0 aliphatic carbocycles. The van der Waals surface area contributed by atoms with Gasteiger partial charge in [-0.05, 0) is 29.8 Å². The van der Waals surface area contributed by atoms with Crippen LogP contribution >= 0.6 is 11.6 Å². The Kier molecular flexibility index (Phi) is 6.31. The minimum absolute atomic E-state index is 0.0508. The van der Waals surface area contributed by atoms with Crippen LogP contribution in [0.4, 0.5) is 30.4 Å². The van der Waals surface area contributed by atoms with E-state index in [0.717, 1.165) is 23.1 Å². The van der Waals surface area contributed by atoms with Gasteiger partial charge < -0.3 is 5.32 Å². The Labute approximate surface area is 174 Å². The maximum absolute atomic E-state index is 13.6. The predicted octanol–water partition coefficient (Wildman–Crippen LogP) is 4.41. The average Bonchev–Trinajstić information content (AvgIpc) is 2.63. The molecule has 0 aliphatic rings. The molecule has 2 amide bonds. The average molecular weight is 435 g/mol. The number of carbonyl (C=O) groups excluding carboxylic acids is 2. The van der Waals surface area contributed by atoms with Crippen LogP contribution in [-0.2, 0) is 16.0 Å². The van der Waals surface area contributed by atoms with E-state index in [1.165, 1.54) is 31.3 Å². The minimum Gasteiger partial charge on any atom is -0.324 e. The number of hydrogen-bond acceptors (Lipinski definition) is 4. The molecule has 0 saturated heterocycles. The number of nitrogens with zero attached hydrogens (tertiary/aromatic N) is 3. The molecule has 6 nitrogen and oxygen atoms in total. The van der Waals surface area contributed by atoms with Gasteiger partial charge in [-0.3, -0.25) is 14.5 Å². The number of hydrogen-bond donors (Lipinski definition) is 1. The Morgan fingerprint density at radius 3 is 2.37 bits per heavy atom. The van der Waals surface area contributed by atoms with Crippen molar-refractivity contribution in [2.45, 2.75) is 13.3 Å².